The van der Waals surface area contributed by atoms with Crippen LogP contribution in [0, 0.1) is 10.1 Å². The van der Waals surface area contributed by atoms with Crippen LogP contribution in [0.25, 0.3) is 0 Å². The molecule has 0 aliphatic carbocycles. The first kappa shape index (κ1) is 17.4. The number of nitro groups is 1. The summed E-state index contributed by atoms with van der Waals surface area (Å²) in [5.41, 5.74) is 0.705. The topological polar surface area (TPSA) is 72.7 Å². The number of carbonyl (C=O) groups excluding carboxylic acids is 1. The highest BCUT2D eigenvalue weighted by Crippen LogP contribution is 2.23. The lowest BCUT2D eigenvalue weighted by molar-refractivity contribution is -0.384. The van der Waals surface area contributed by atoms with Crippen LogP contribution in [0.4, 0.5) is 5.69 Å². The Bertz CT molecular complexity index is 508. The molecule has 1 aromatic carbocycles. The molecule has 1 aromatic rings. The molecular formula is C14H19ClN2O4. The van der Waals surface area contributed by atoms with Crippen molar-refractivity contribution in [3.05, 3.63) is 38.9 Å². The lowest BCUT2D eigenvalue weighted by Gasteiger charge is -2.21. The van der Waals surface area contributed by atoms with E-state index in [9.17, 15) is 14.9 Å². The Morgan fingerprint density at radius 3 is 2.67 bits per heavy atom. The number of carbonyl (C=O) groups is 1. The summed E-state index contributed by atoms with van der Waals surface area (Å²) in [6.45, 7) is 5.45. The summed E-state index contributed by atoms with van der Waals surface area (Å²) in [4.78, 5) is 23.7. The molecule has 0 spiro atoms. The Morgan fingerprint density at radius 2 is 2.14 bits per heavy atom. The van der Waals surface area contributed by atoms with E-state index in [0.29, 0.717) is 24.7 Å². The monoisotopic (exact) mass is 314 g/mol. The molecule has 0 atom stereocenters. The standard InChI is InChI=1S/C14H19ClN2O4/c1-3-7-16(10-14(18)21-4-2)9-11-5-6-12(17(19)20)8-13(11)15/h5-6,8H,3-4,7,9-10H2,1-2H3. The van der Waals surface area contributed by atoms with E-state index in [1.807, 2.05) is 11.8 Å². The fourth-order valence-electron chi connectivity index (χ4n) is 1.94. The number of halogens is 1. The zero-order valence-corrected chi connectivity index (χ0v) is 12.9. The van der Waals surface area contributed by atoms with Crippen molar-refractivity contribution in [2.75, 3.05) is 19.7 Å². The number of nitro benzene ring substituents is 1. The van der Waals surface area contributed by atoms with Crippen LogP contribution < -0.4 is 0 Å². The van der Waals surface area contributed by atoms with Gasteiger partial charge < -0.3 is 4.74 Å². The minimum atomic E-state index is -0.488. The van der Waals surface area contributed by atoms with Gasteiger partial charge in [-0.3, -0.25) is 19.8 Å². The van der Waals surface area contributed by atoms with Crippen LogP contribution in [-0.2, 0) is 16.1 Å². The van der Waals surface area contributed by atoms with Crippen LogP contribution in [-0.4, -0.2) is 35.5 Å². The maximum absolute atomic E-state index is 11.6. The summed E-state index contributed by atoms with van der Waals surface area (Å²) in [5, 5.41) is 11.0. The number of hydrogen-bond acceptors (Lipinski definition) is 5. The molecule has 116 valence electrons. The van der Waals surface area contributed by atoms with Gasteiger partial charge in [0, 0.05) is 18.7 Å². The average molecular weight is 315 g/mol. The molecule has 0 bridgehead atoms. The second-order valence-corrected chi connectivity index (χ2v) is 4.96. The van der Waals surface area contributed by atoms with Crippen molar-refractivity contribution in [1.82, 2.24) is 4.90 Å². The third-order valence-corrected chi connectivity index (χ3v) is 3.19. The number of nitrogens with zero attached hydrogens (tertiary/aromatic N) is 2. The Hall–Kier alpha value is -1.66. The van der Waals surface area contributed by atoms with Gasteiger partial charge in [0.15, 0.2) is 0 Å². The fourth-order valence-corrected chi connectivity index (χ4v) is 2.17. The Balaban J connectivity index is 2.78. The zero-order chi connectivity index (χ0) is 15.8. The van der Waals surface area contributed by atoms with E-state index in [1.54, 1.807) is 13.0 Å². The van der Waals surface area contributed by atoms with Gasteiger partial charge in [-0.25, -0.2) is 0 Å². The molecule has 0 heterocycles. The molecule has 0 aromatic heterocycles. The highest BCUT2D eigenvalue weighted by atomic mass is 35.5. The van der Waals surface area contributed by atoms with Gasteiger partial charge in [0.25, 0.3) is 5.69 Å². The van der Waals surface area contributed by atoms with Crippen LogP contribution >= 0.6 is 11.6 Å². The smallest absolute Gasteiger partial charge is 0.320 e. The number of hydrogen-bond donors (Lipinski definition) is 0. The van der Waals surface area contributed by atoms with Gasteiger partial charge in [-0.2, -0.15) is 0 Å². The first-order valence-corrected chi connectivity index (χ1v) is 7.16. The van der Waals surface area contributed by atoms with Crippen molar-refractivity contribution >= 4 is 23.3 Å². The summed E-state index contributed by atoms with van der Waals surface area (Å²) in [7, 11) is 0. The van der Waals surface area contributed by atoms with Crippen molar-refractivity contribution in [2.24, 2.45) is 0 Å². The highest BCUT2D eigenvalue weighted by molar-refractivity contribution is 6.31. The maximum Gasteiger partial charge on any atom is 0.320 e. The molecular weight excluding hydrogens is 296 g/mol. The molecule has 0 fully saturated rings. The number of esters is 1. The predicted octanol–water partition coefficient (Wildman–Crippen LogP) is 3.02. The predicted molar refractivity (Wildman–Crippen MR) is 80.3 cm³/mol. The molecule has 0 saturated carbocycles. The van der Waals surface area contributed by atoms with Crippen molar-refractivity contribution < 1.29 is 14.5 Å². The summed E-state index contributed by atoms with van der Waals surface area (Å²) >= 11 is 6.07. The largest absolute Gasteiger partial charge is 0.465 e. The summed E-state index contributed by atoms with van der Waals surface area (Å²) in [5.74, 6) is -0.288. The third kappa shape index (κ3) is 5.69. The van der Waals surface area contributed by atoms with Gasteiger partial charge in [0.1, 0.15) is 0 Å². The lowest BCUT2D eigenvalue weighted by atomic mass is 10.2. The Morgan fingerprint density at radius 1 is 1.43 bits per heavy atom. The van der Waals surface area contributed by atoms with Gasteiger partial charge in [-0.1, -0.05) is 18.5 Å². The van der Waals surface area contributed by atoms with E-state index >= 15 is 0 Å². The van der Waals surface area contributed by atoms with Crippen LogP contribution in [0.2, 0.25) is 5.02 Å². The van der Waals surface area contributed by atoms with Crippen molar-refractivity contribution in [3.63, 3.8) is 0 Å². The lowest BCUT2D eigenvalue weighted by Crippen LogP contribution is -2.31. The SMILES string of the molecule is CCCN(CC(=O)OCC)Cc1ccc([N+](=O)[O-])cc1Cl. The van der Waals surface area contributed by atoms with E-state index < -0.39 is 4.92 Å². The molecule has 6 nitrogen and oxygen atoms in total. The second-order valence-electron chi connectivity index (χ2n) is 4.55. The maximum atomic E-state index is 11.6. The molecule has 21 heavy (non-hydrogen) atoms. The van der Waals surface area contributed by atoms with Gasteiger partial charge in [0.05, 0.1) is 23.1 Å². The van der Waals surface area contributed by atoms with Crippen LogP contribution in [0.3, 0.4) is 0 Å². The Labute approximate surface area is 128 Å². The number of non-ortho nitro benzene ring substituents is 1. The number of rotatable bonds is 8. The second kappa shape index (κ2) is 8.59. The van der Waals surface area contributed by atoms with E-state index in [1.165, 1.54) is 12.1 Å². The van der Waals surface area contributed by atoms with Gasteiger partial charge in [0.2, 0.25) is 0 Å². The fraction of sp³-hybridized carbons (Fsp3) is 0.500. The third-order valence-electron chi connectivity index (χ3n) is 2.84. The van der Waals surface area contributed by atoms with E-state index in [0.717, 1.165) is 12.0 Å². The Kier molecular flexibility index (Phi) is 7.11. The molecule has 0 N–H and O–H groups in total. The summed E-state index contributed by atoms with van der Waals surface area (Å²) in [6, 6.07) is 4.36. The minimum Gasteiger partial charge on any atom is -0.465 e. The van der Waals surface area contributed by atoms with Crippen LogP contribution in [0.15, 0.2) is 18.2 Å². The molecule has 0 aliphatic rings. The van der Waals surface area contributed by atoms with Gasteiger partial charge >= 0.3 is 5.97 Å². The molecule has 0 amide bonds. The summed E-state index contributed by atoms with van der Waals surface area (Å²) in [6.07, 6.45) is 0.879. The normalized spacial score (nSPS) is 10.7. The minimum absolute atomic E-state index is 0.0452. The quantitative estimate of drug-likeness (QED) is 0.419. The van der Waals surface area contributed by atoms with Crippen LogP contribution in [0.5, 0.6) is 0 Å². The average Bonchev–Trinajstić information content (AvgIpc) is 2.41. The van der Waals surface area contributed by atoms with Crippen molar-refractivity contribution in [2.45, 2.75) is 26.8 Å². The molecule has 0 saturated heterocycles. The molecule has 0 unspecified atom stereocenters. The number of ether oxygens (including phenoxy) is 1. The van der Waals surface area contributed by atoms with Gasteiger partial charge in [-0.15, -0.1) is 0 Å². The van der Waals surface area contributed by atoms with E-state index in [4.69, 9.17) is 16.3 Å². The molecule has 1 rings (SSSR count). The number of benzene rings is 1. The molecule has 7 heteroatoms. The van der Waals surface area contributed by atoms with E-state index in [-0.39, 0.29) is 18.2 Å². The zero-order valence-electron chi connectivity index (χ0n) is 12.2. The van der Waals surface area contributed by atoms with Crippen molar-refractivity contribution in [3.8, 4) is 0 Å². The van der Waals surface area contributed by atoms with Gasteiger partial charge in [-0.05, 0) is 31.5 Å². The highest BCUT2D eigenvalue weighted by Gasteiger charge is 2.15. The van der Waals surface area contributed by atoms with Crippen molar-refractivity contribution in [1.29, 1.82) is 0 Å². The first-order valence-electron chi connectivity index (χ1n) is 6.78. The first-order chi connectivity index (χ1) is 9.97. The molecule has 0 radical (unpaired) electrons. The summed E-state index contributed by atoms with van der Waals surface area (Å²) < 4.78 is 4.93. The van der Waals surface area contributed by atoms with E-state index in [2.05, 4.69) is 0 Å². The van der Waals surface area contributed by atoms with Crippen LogP contribution in [0.1, 0.15) is 25.8 Å². The molecule has 0 aliphatic heterocycles.